The van der Waals surface area contributed by atoms with Gasteiger partial charge in [0, 0.05) is 6.04 Å². The van der Waals surface area contributed by atoms with E-state index in [1.807, 2.05) is 0 Å². The predicted octanol–water partition coefficient (Wildman–Crippen LogP) is 0.0726. The lowest BCUT2D eigenvalue weighted by Gasteiger charge is -2.14. The largest absolute Gasteiger partial charge is 0.392 e. The van der Waals surface area contributed by atoms with E-state index < -0.39 is 0 Å². The van der Waals surface area contributed by atoms with Crippen LogP contribution in [0.4, 0.5) is 0 Å². The fourth-order valence-electron chi connectivity index (χ4n) is 1.67. The molecule has 0 saturated heterocycles. The molecule has 1 saturated carbocycles. The minimum absolute atomic E-state index is 0.193. The van der Waals surface area contributed by atoms with Gasteiger partial charge in [0.2, 0.25) is 6.39 Å². The highest BCUT2D eigenvalue weighted by atomic mass is 16.5. The van der Waals surface area contributed by atoms with Crippen molar-refractivity contribution in [3.63, 3.8) is 0 Å². The van der Waals surface area contributed by atoms with Crippen molar-refractivity contribution in [2.75, 3.05) is 0 Å². The van der Waals surface area contributed by atoms with Gasteiger partial charge in [-0.2, -0.15) is 4.98 Å². The van der Waals surface area contributed by atoms with E-state index in [2.05, 4.69) is 20.0 Å². The number of nitrogens with zero attached hydrogens (tertiary/aromatic N) is 2. The quantitative estimate of drug-likeness (QED) is 0.694. The molecule has 0 bridgehead atoms. The molecule has 5 nitrogen and oxygen atoms in total. The summed E-state index contributed by atoms with van der Waals surface area (Å²) in [7, 11) is 0. The highest BCUT2D eigenvalue weighted by Gasteiger charge is 2.24. The maximum absolute atomic E-state index is 9.49. The molecule has 72 valence electrons. The van der Waals surface area contributed by atoms with Crippen molar-refractivity contribution in [3.05, 3.63) is 12.2 Å². The van der Waals surface area contributed by atoms with Gasteiger partial charge in [0.1, 0.15) is 0 Å². The molecule has 1 fully saturated rings. The molecular weight excluding hydrogens is 170 g/mol. The van der Waals surface area contributed by atoms with Crippen LogP contribution < -0.4 is 5.32 Å². The standard InChI is InChI=1S/C8H13N3O2/c12-7-3-1-2-6(7)9-4-8-10-5-13-11-8/h5-7,9,12H,1-4H2/t6-,7-/m0/s1. The van der Waals surface area contributed by atoms with Gasteiger partial charge in [-0.3, -0.25) is 0 Å². The SMILES string of the molecule is O[C@H]1CCC[C@@H]1NCc1ncon1. The smallest absolute Gasteiger partial charge is 0.213 e. The summed E-state index contributed by atoms with van der Waals surface area (Å²) in [5.41, 5.74) is 0. The van der Waals surface area contributed by atoms with E-state index >= 15 is 0 Å². The molecule has 0 aromatic carbocycles. The van der Waals surface area contributed by atoms with Gasteiger partial charge in [0.25, 0.3) is 0 Å². The number of nitrogens with one attached hydrogen (secondary N) is 1. The molecule has 0 radical (unpaired) electrons. The van der Waals surface area contributed by atoms with E-state index in [0.29, 0.717) is 12.4 Å². The van der Waals surface area contributed by atoms with Crippen LogP contribution in [0.15, 0.2) is 10.9 Å². The molecule has 2 rings (SSSR count). The first-order chi connectivity index (χ1) is 6.36. The Hall–Kier alpha value is -0.940. The van der Waals surface area contributed by atoms with Crippen LogP contribution >= 0.6 is 0 Å². The van der Waals surface area contributed by atoms with Gasteiger partial charge >= 0.3 is 0 Å². The van der Waals surface area contributed by atoms with Gasteiger partial charge in [-0.25, -0.2) is 0 Å². The van der Waals surface area contributed by atoms with Gasteiger partial charge in [-0.05, 0) is 19.3 Å². The number of aliphatic hydroxyl groups is 1. The van der Waals surface area contributed by atoms with Crippen LogP contribution in [0.3, 0.4) is 0 Å². The first-order valence-corrected chi connectivity index (χ1v) is 4.53. The third-order valence-electron chi connectivity index (χ3n) is 2.41. The molecular formula is C8H13N3O2. The Bertz CT molecular complexity index is 250. The van der Waals surface area contributed by atoms with Crippen molar-refractivity contribution in [1.29, 1.82) is 0 Å². The van der Waals surface area contributed by atoms with Crippen LogP contribution in [0.25, 0.3) is 0 Å². The lowest BCUT2D eigenvalue weighted by Crippen LogP contribution is -2.35. The van der Waals surface area contributed by atoms with Crippen molar-refractivity contribution >= 4 is 0 Å². The predicted molar refractivity (Wildman–Crippen MR) is 44.8 cm³/mol. The normalized spacial score (nSPS) is 28.1. The molecule has 5 heteroatoms. The summed E-state index contributed by atoms with van der Waals surface area (Å²) in [5.74, 6) is 0.638. The number of rotatable bonds is 3. The molecule has 0 spiro atoms. The zero-order valence-corrected chi connectivity index (χ0v) is 7.31. The van der Waals surface area contributed by atoms with Gasteiger partial charge in [-0.15, -0.1) is 0 Å². The summed E-state index contributed by atoms with van der Waals surface area (Å²) >= 11 is 0. The summed E-state index contributed by atoms with van der Waals surface area (Å²) < 4.78 is 4.59. The molecule has 1 aromatic heterocycles. The van der Waals surface area contributed by atoms with E-state index in [9.17, 15) is 5.11 Å². The van der Waals surface area contributed by atoms with Crippen LogP contribution in [0.1, 0.15) is 25.1 Å². The van der Waals surface area contributed by atoms with Gasteiger partial charge < -0.3 is 14.9 Å². The average Bonchev–Trinajstić information content (AvgIpc) is 2.72. The molecule has 0 aliphatic heterocycles. The molecule has 1 aliphatic rings. The number of aliphatic hydroxyl groups excluding tert-OH is 1. The minimum Gasteiger partial charge on any atom is -0.392 e. The second-order valence-corrected chi connectivity index (χ2v) is 3.33. The fraction of sp³-hybridized carbons (Fsp3) is 0.750. The monoisotopic (exact) mass is 183 g/mol. The maximum Gasteiger partial charge on any atom is 0.213 e. The molecule has 13 heavy (non-hydrogen) atoms. The molecule has 0 amide bonds. The first kappa shape index (κ1) is 8.65. The Morgan fingerprint density at radius 3 is 3.15 bits per heavy atom. The zero-order chi connectivity index (χ0) is 9.10. The number of aromatic nitrogens is 2. The highest BCUT2D eigenvalue weighted by Crippen LogP contribution is 2.18. The van der Waals surface area contributed by atoms with Crippen LogP contribution in [0, 0.1) is 0 Å². The van der Waals surface area contributed by atoms with Gasteiger partial charge in [-0.1, -0.05) is 5.16 Å². The maximum atomic E-state index is 9.49. The highest BCUT2D eigenvalue weighted by molar-refractivity contribution is 4.85. The van der Waals surface area contributed by atoms with E-state index in [1.165, 1.54) is 6.39 Å². The Balaban J connectivity index is 1.79. The van der Waals surface area contributed by atoms with Crippen molar-refractivity contribution < 1.29 is 9.63 Å². The second kappa shape index (κ2) is 3.85. The minimum atomic E-state index is -0.216. The van der Waals surface area contributed by atoms with Crippen molar-refractivity contribution in [2.24, 2.45) is 0 Å². The lowest BCUT2D eigenvalue weighted by molar-refractivity contribution is 0.148. The number of hydrogen-bond acceptors (Lipinski definition) is 5. The van der Waals surface area contributed by atoms with Crippen LogP contribution in [-0.2, 0) is 6.54 Å². The summed E-state index contributed by atoms with van der Waals surface area (Å²) in [6.45, 7) is 0.568. The summed E-state index contributed by atoms with van der Waals surface area (Å²) in [5, 5.41) is 16.4. The van der Waals surface area contributed by atoms with Crippen molar-refractivity contribution in [1.82, 2.24) is 15.5 Å². The molecule has 2 N–H and O–H groups in total. The van der Waals surface area contributed by atoms with Crippen LogP contribution in [-0.4, -0.2) is 27.4 Å². The van der Waals surface area contributed by atoms with E-state index in [4.69, 9.17) is 0 Å². The lowest BCUT2D eigenvalue weighted by atomic mass is 10.2. The van der Waals surface area contributed by atoms with E-state index in [1.54, 1.807) is 0 Å². The van der Waals surface area contributed by atoms with Crippen molar-refractivity contribution in [2.45, 2.75) is 38.0 Å². The third-order valence-corrected chi connectivity index (χ3v) is 2.41. The Kier molecular flexibility index (Phi) is 2.56. The summed E-state index contributed by atoms with van der Waals surface area (Å²) in [6.07, 6.45) is 4.10. The molecule has 0 unspecified atom stereocenters. The van der Waals surface area contributed by atoms with E-state index in [0.717, 1.165) is 19.3 Å². The Morgan fingerprint density at radius 1 is 1.62 bits per heavy atom. The topological polar surface area (TPSA) is 71.2 Å². The van der Waals surface area contributed by atoms with Crippen molar-refractivity contribution in [3.8, 4) is 0 Å². The molecule has 1 heterocycles. The average molecular weight is 183 g/mol. The molecule has 1 aliphatic carbocycles. The summed E-state index contributed by atoms with van der Waals surface area (Å²) in [4.78, 5) is 3.88. The van der Waals surface area contributed by atoms with Crippen LogP contribution in [0.2, 0.25) is 0 Å². The summed E-state index contributed by atoms with van der Waals surface area (Å²) in [6, 6.07) is 0.193. The molecule has 2 atom stereocenters. The number of hydrogen-bond donors (Lipinski definition) is 2. The Labute approximate surface area is 76.1 Å². The van der Waals surface area contributed by atoms with E-state index in [-0.39, 0.29) is 12.1 Å². The Morgan fingerprint density at radius 2 is 2.54 bits per heavy atom. The zero-order valence-electron chi connectivity index (χ0n) is 7.31. The first-order valence-electron chi connectivity index (χ1n) is 4.53. The second-order valence-electron chi connectivity index (χ2n) is 3.33. The van der Waals surface area contributed by atoms with Gasteiger partial charge in [0.15, 0.2) is 5.82 Å². The molecule has 1 aromatic rings. The third kappa shape index (κ3) is 2.05. The fourth-order valence-corrected chi connectivity index (χ4v) is 1.67. The van der Waals surface area contributed by atoms with Crippen LogP contribution in [0.5, 0.6) is 0 Å². The van der Waals surface area contributed by atoms with Gasteiger partial charge in [0.05, 0.1) is 12.6 Å².